The van der Waals surface area contributed by atoms with Crippen molar-refractivity contribution in [3.05, 3.63) is 30.1 Å². The van der Waals surface area contributed by atoms with Gasteiger partial charge in [0.2, 0.25) is 0 Å². The smallest absolute Gasteiger partial charge is 0.410 e. The summed E-state index contributed by atoms with van der Waals surface area (Å²) in [6, 6.07) is 6.70. The van der Waals surface area contributed by atoms with Crippen LogP contribution in [0.1, 0.15) is 52.1 Å². The first-order chi connectivity index (χ1) is 11.9. The molecule has 2 aliphatic rings. The molecule has 1 N–H and O–H groups in total. The molecule has 0 radical (unpaired) electrons. The van der Waals surface area contributed by atoms with Crippen LogP contribution in [0.4, 0.5) is 4.79 Å². The molecule has 5 heteroatoms. The molecule has 1 aromatic rings. The lowest BCUT2D eigenvalue weighted by atomic mass is 9.60. The maximum Gasteiger partial charge on any atom is 0.410 e. The number of amides is 1. The third-order valence-corrected chi connectivity index (χ3v) is 5.37. The molecule has 1 amide bonds. The van der Waals surface area contributed by atoms with E-state index in [0.29, 0.717) is 11.5 Å². The monoisotopic (exact) mass is 345 g/mol. The van der Waals surface area contributed by atoms with Gasteiger partial charge in [0.05, 0.1) is 0 Å². The standard InChI is InChI=1S/C20H31N3O2/c1-19(2,3)25-18(24)23-12-8-20(9-13-23)14-17(15-20)22-11-7-16-6-4-5-10-21-16/h4-6,10,17,22H,7-9,11-15H2,1-3H3. The zero-order chi connectivity index (χ0) is 17.9. The molecule has 0 bridgehead atoms. The van der Waals surface area contributed by atoms with Gasteiger partial charge in [-0.2, -0.15) is 0 Å². The normalized spacial score (nSPS) is 20.4. The van der Waals surface area contributed by atoms with Crippen molar-refractivity contribution in [1.82, 2.24) is 15.2 Å². The van der Waals surface area contributed by atoms with E-state index in [1.165, 1.54) is 12.8 Å². The summed E-state index contributed by atoms with van der Waals surface area (Å²) in [5.41, 5.74) is 1.18. The van der Waals surface area contributed by atoms with Crippen molar-refractivity contribution in [3.63, 3.8) is 0 Å². The largest absolute Gasteiger partial charge is 0.444 e. The zero-order valence-corrected chi connectivity index (χ0v) is 15.8. The van der Waals surface area contributed by atoms with E-state index < -0.39 is 5.60 Å². The first-order valence-corrected chi connectivity index (χ1v) is 9.47. The number of rotatable bonds is 4. The highest BCUT2D eigenvalue weighted by molar-refractivity contribution is 5.68. The zero-order valence-electron chi connectivity index (χ0n) is 15.8. The van der Waals surface area contributed by atoms with Crippen LogP contribution in [0.3, 0.4) is 0 Å². The molecule has 5 nitrogen and oxygen atoms in total. The van der Waals surface area contributed by atoms with Crippen molar-refractivity contribution < 1.29 is 9.53 Å². The molecular formula is C20H31N3O2. The van der Waals surface area contributed by atoms with E-state index in [1.54, 1.807) is 0 Å². The summed E-state index contributed by atoms with van der Waals surface area (Å²) in [6.45, 7) is 8.41. The van der Waals surface area contributed by atoms with Gasteiger partial charge in [0, 0.05) is 44.0 Å². The summed E-state index contributed by atoms with van der Waals surface area (Å²) >= 11 is 0. The van der Waals surface area contributed by atoms with Gasteiger partial charge in [-0.05, 0) is 64.0 Å². The number of hydrogen-bond donors (Lipinski definition) is 1. The van der Waals surface area contributed by atoms with Crippen molar-refractivity contribution in [2.24, 2.45) is 5.41 Å². The third kappa shape index (κ3) is 4.94. The Morgan fingerprint density at radius 2 is 2.04 bits per heavy atom. The van der Waals surface area contributed by atoms with Crippen molar-refractivity contribution in [2.45, 2.75) is 64.5 Å². The summed E-state index contributed by atoms with van der Waals surface area (Å²) in [5.74, 6) is 0. The molecule has 3 rings (SSSR count). The Bertz CT molecular complexity index is 566. The van der Waals surface area contributed by atoms with E-state index in [0.717, 1.165) is 44.6 Å². The fourth-order valence-electron chi connectivity index (χ4n) is 3.98. The van der Waals surface area contributed by atoms with Crippen LogP contribution in [-0.2, 0) is 11.2 Å². The Balaban J connectivity index is 1.35. The van der Waals surface area contributed by atoms with Gasteiger partial charge in [-0.15, -0.1) is 0 Å². The fraction of sp³-hybridized carbons (Fsp3) is 0.700. The number of nitrogens with zero attached hydrogens (tertiary/aromatic N) is 2. The number of likely N-dealkylation sites (tertiary alicyclic amines) is 1. The summed E-state index contributed by atoms with van der Waals surface area (Å²) in [7, 11) is 0. The molecule has 1 saturated heterocycles. The van der Waals surface area contributed by atoms with Crippen LogP contribution >= 0.6 is 0 Å². The minimum atomic E-state index is -0.411. The lowest BCUT2D eigenvalue weighted by Gasteiger charge is -2.52. The Kier molecular flexibility index (Phi) is 5.32. The molecule has 0 atom stereocenters. The van der Waals surface area contributed by atoms with Crippen molar-refractivity contribution in [2.75, 3.05) is 19.6 Å². The van der Waals surface area contributed by atoms with E-state index >= 15 is 0 Å². The van der Waals surface area contributed by atoms with E-state index in [1.807, 2.05) is 44.0 Å². The van der Waals surface area contributed by atoms with Gasteiger partial charge in [0.15, 0.2) is 0 Å². The first kappa shape index (κ1) is 18.2. The average molecular weight is 345 g/mol. The highest BCUT2D eigenvalue weighted by Gasteiger charge is 2.46. The number of carbonyl (C=O) groups excluding carboxylic acids is 1. The SMILES string of the molecule is CC(C)(C)OC(=O)N1CCC2(CC1)CC(NCCc1ccccn1)C2. The van der Waals surface area contributed by atoms with Gasteiger partial charge in [-0.25, -0.2) is 4.79 Å². The molecule has 1 saturated carbocycles. The Hall–Kier alpha value is -1.62. The Morgan fingerprint density at radius 3 is 2.64 bits per heavy atom. The molecule has 0 aromatic carbocycles. The van der Waals surface area contributed by atoms with E-state index in [-0.39, 0.29) is 6.09 Å². The number of aromatic nitrogens is 1. The average Bonchev–Trinajstić information content (AvgIpc) is 2.53. The minimum absolute atomic E-state index is 0.160. The molecule has 1 aromatic heterocycles. The van der Waals surface area contributed by atoms with Gasteiger partial charge >= 0.3 is 6.09 Å². The molecule has 138 valence electrons. The lowest BCUT2D eigenvalue weighted by molar-refractivity contribution is -0.0160. The highest BCUT2D eigenvalue weighted by Crippen LogP contribution is 2.49. The molecular weight excluding hydrogens is 314 g/mol. The van der Waals surface area contributed by atoms with Gasteiger partial charge in [0.1, 0.15) is 5.60 Å². The third-order valence-electron chi connectivity index (χ3n) is 5.37. The molecule has 1 aliphatic carbocycles. The van der Waals surface area contributed by atoms with Crippen LogP contribution in [0.2, 0.25) is 0 Å². The highest BCUT2D eigenvalue weighted by atomic mass is 16.6. The number of carbonyl (C=O) groups is 1. The van der Waals surface area contributed by atoms with Crippen molar-refractivity contribution >= 4 is 6.09 Å². The van der Waals surface area contributed by atoms with Crippen LogP contribution in [0.15, 0.2) is 24.4 Å². The molecule has 0 unspecified atom stereocenters. The van der Waals surface area contributed by atoms with E-state index in [4.69, 9.17) is 4.74 Å². The maximum atomic E-state index is 12.2. The van der Waals surface area contributed by atoms with Gasteiger partial charge in [-0.3, -0.25) is 4.98 Å². The van der Waals surface area contributed by atoms with Gasteiger partial charge in [0.25, 0.3) is 0 Å². The number of hydrogen-bond acceptors (Lipinski definition) is 4. The second-order valence-electron chi connectivity index (χ2n) is 8.60. The molecule has 1 aliphatic heterocycles. The number of ether oxygens (including phenoxy) is 1. The fourth-order valence-corrected chi connectivity index (χ4v) is 3.98. The summed E-state index contributed by atoms with van der Waals surface area (Å²) in [5, 5.41) is 3.66. The van der Waals surface area contributed by atoms with Crippen LogP contribution in [0, 0.1) is 5.41 Å². The molecule has 25 heavy (non-hydrogen) atoms. The van der Waals surface area contributed by atoms with E-state index in [2.05, 4.69) is 16.4 Å². The van der Waals surface area contributed by atoms with Crippen molar-refractivity contribution in [3.8, 4) is 0 Å². The van der Waals surface area contributed by atoms with Crippen LogP contribution in [-0.4, -0.2) is 47.3 Å². The van der Waals surface area contributed by atoms with Crippen LogP contribution in [0.25, 0.3) is 0 Å². The van der Waals surface area contributed by atoms with Crippen LogP contribution in [0.5, 0.6) is 0 Å². The Morgan fingerprint density at radius 1 is 1.32 bits per heavy atom. The lowest BCUT2D eigenvalue weighted by Crippen LogP contribution is -2.55. The molecule has 2 heterocycles. The second-order valence-corrected chi connectivity index (χ2v) is 8.60. The topological polar surface area (TPSA) is 54.5 Å². The first-order valence-electron chi connectivity index (χ1n) is 9.47. The number of piperidine rings is 1. The summed E-state index contributed by atoms with van der Waals surface area (Å²) < 4.78 is 5.48. The maximum absolute atomic E-state index is 12.2. The summed E-state index contributed by atoms with van der Waals surface area (Å²) in [6.07, 6.45) is 7.35. The number of nitrogens with one attached hydrogen (secondary N) is 1. The predicted molar refractivity (Wildman–Crippen MR) is 98.4 cm³/mol. The van der Waals surface area contributed by atoms with Crippen LogP contribution < -0.4 is 5.32 Å². The van der Waals surface area contributed by atoms with Gasteiger partial charge in [-0.1, -0.05) is 6.07 Å². The second kappa shape index (κ2) is 7.32. The molecule has 1 spiro atoms. The Labute approximate surface area is 151 Å². The molecule has 2 fully saturated rings. The number of pyridine rings is 1. The van der Waals surface area contributed by atoms with E-state index in [9.17, 15) is 4.79 Å². The van der Waals surface area contributed by atoms with Gasteiger partial charge < -0.3 is 15.0 Å². The van der Waals surface area contributed by atoms with Crippen molar-refractivity contribution in [1.29, 1.82) is 0 Å². The minimum Gasteiger partial charge on any atom is -0.444 e. The quantitative estimate of drug-likeness (QED) is 0.909. The summed E-state index contributed by atoms with van der Waals surface area (Å²) in [4.78, 5) is 18.4. The predicted octanol–water partition coefficient (Wildman–Crippen LogP) is 3.39.